The number of nitriles is 1. The van der Waals surface area contributed by atoms with Crippen molar-refractivity contribution in [2.75, 3.05) is 18.2 Å². The van der Waals surface area contributed by atoms with Crippen molar-refractivity contribution in [2.45, 2.75) is 11.9 Å². The SMILES string of the molecule is COc1ccc(-c2cc(C)nc(SCC(=O)Nc3cccc4cccnc34)c2C#N)cc1. The van der Waals surface area contributed by atoms with Gasteiger partial charge in [-0.05, 0) is 42.8 Å². The lowest BCUT2D eigenvalue weighted by Crippen LogP contribution is -2.15. The smallest absolute Gasteiger partial charge is 0.234 e. The number of ether oxygens (including phenoxy) is 1. The predicted molar refractivity (Wildman–Crippen MR) is 127 cm³/mol. The summed E-state index contributed by atoms with van der Waals surface area (Å²) in [4.78, 5) is 21.5. The summed E-state index contributed by atoms with van der Waals surface area (Å²) in [6, 6.07) is 21.1. The minimum atomic E-state index is -0.189. The molecule has 2 aromatic heterocycles. The van der Waals surface area contributed by atoms with Crippen LogP contribution in [0.5, 0.6) is 5.75 Å². The van der Waals surface area contributed by atoms with Gasteiger partial charge in [0.05, 0.1) is 29.6 Å². The number of thioether (sulfide) groups is 1. The molecule has 2 heterocycles. The second-order valence-corrected chi connectivity index (χ2v) is 8.01. The summed E-state index contributed by atoms with van der Waals surface area (Å²) in [7, 11) is 1.61. The van der Waals surface area contributed by atoms with Gasteiger partial charge in [-0.25, -0.2) is 4.98 Å². The quantitative estimate of drug-likeness (QED) is 0.414. The summed E-state index contributed by atoms with van der Waals surface area (Å²) in [6.45, 7) is 1.88. The van der Waals surface area contributed by atoms with Crippen LogP contribution in [-0.4, -0.2) is 28.7 Å². The molecular weight excluding hydrogens is 420 g/mol. The third kappa shape index (κ3) is 4.56. The summed E-state index contributed by atoms with van der Waals surface area (Å²) >= 11 is 1.24. The van der Waals surface area contributed by atoms with E-state index < -0.39 is 0 Å². The highest BCUT2D eigenvalue weighted by Crippen LogP contribution is 2.32. The molecule has 0 aliphatic heterocycles. The van der Waals surface area contributed by atoms with E-state index in [1.165, 1.54) is 11.8 Å². The number of aromatic nitrogens is 2. The molecule has 0 fully saturated rings. The van der Waals surface area contributed by atoms with Crippen LogP contribution in [0, 0.1) is 18.3 Å². The minimum absolute atomic E-state index is 0.121. The molecule has 0 bridgehead atoms. The van der Waals surface area contributed by atoms with Crippen LogP contribution in [0.25, 0.3) is 22.0 Å². The normalized spacial score (nSPS) is 10.5. The molecule has 1 N–H and O–H groups in total. The van der Waals surface area contributed by atoms with Crippen molar-refractivity contribution in [1.82, 2.24) is 9.97 Å². The highest BCUT2D eigenvalue weighted by atomic mass is 32.2. The average molecular weight is 441 g/mol. The summed E-state index contributed by atoms with van der Waals surface area (Å²) < 4.78 is 5.22. The van der Waals surface area contributed by atoms with Crippen molar-refractivity contribution >= 4 is 34.3 Å². The topological polar surface area (TPSA) is 87.9 Å². The number of benzene rings is 2. The van der Waals surface area contributed by atoms with E-state index in [1.807, 2.05) is 67.6 Å². The Morgan fingerprint density at radius 3 is 2.69 bits per heavy atom. The number of hydrogen-bond acceptors (Lipinski definition) is 6. The summed E-state index contributed by atoms with van der Waals surface area (Å²) in [5, 5.41) is 14.2. The molecule has 0 atom stereocenters. The molecule has 6 nitrogen and oxygen atoms in total. The van der Waals surface area contributed by atoms with Crippen molar-refractivity contribution in [1.29, 1.82) is 5.26 Å². The third-order valence-corrected chi connectivity index (χ3v) is 5.85. The number of fused-ring (bicyclic) bond motifs is 1. The fourth-order valence-electron chi connectivity index (χ4n) is 3.38. The molecule has 158 valence electrons. The van der Waals surface area contributed by atoms with E-state index in [0.29, 0.717) is 16.3 Å². The molecule has 0 aliphatic rings. The fraction of sp³-hybridized carbons (Fsp3) is 0.120. The summed E-state index contributed by atoms with van der Waals surface area (Å²) in [6.07, 6.45) is 1.70. The first-order chi connectivity index (χ1) is 15.6. The maximum Gasteiger partial charge on any atom is 0.234 e. The Bertz CT molecular complexity index is 1330. The zero-order valence-electron chi connectivity index (χ0n) is 17.6. The molecule has 2 aromatic carbocycles. The van der Waals surface area contributed by atoms with Gasteiger partial charge in [-0.15, -0.1) is 0 Å². The number of amides is 1. The molecule has 0 radical (unpaired) electrons. The van der Waals surface area contributed by atoms with Gasteiger partial charge in [0.1, 0.15) is 16.8 Å². The molecule has 0 saturated carbocycles. The molecule has 1 amide bonds. The summed E-state index contributed by atoms with van der Waals surface area (Å²) in [5.41, 5.74) is 4.29. The number of methoxy groups -OCH3 is 1. The Morgan fingerprint density at radius 2 is 1.94 bits per heavy atom. The standard InChI is InChI=1S/C25H20N4O2S/c1-16-13-20(17-8-10-19(31-2)11-9-17)21(14-26)25(28-16)32-15-23(30)29-22-7-3-5-18-6-4-12-27-24(18)22/h3-13H,15H2,1-2H3,(H,29,30). The average Bonchev–Trinajstić information content (AvgIpc) is 2.82. The van der Waals surface area contributed by atoms with Crippen molar-refractivity contribution < 1.29 is 9.53 Å². The zero-order valence-corrected chi connectivity index (χ0v) is 18.4. The molecule has 4 rings (SSSR count). The molecule has 7 heteroatoms. The molecule has 0 saturated heterocycles. The Kier molecular flexibility index (Phi) is 6.34. The van der Waals surface area contributed by atoms with Crippen LogP contribution in [0.15, 0.2) is 71.9 Å². The lowest BCUT2D eigenvalue weighted by molar-refractivity contribution is -0.113. The van der Waals surface area contributed by atoms with Crippen LogP contribution >= 0.6 is 11.8 Å². The number of aryl methyl sites for hydroxylation is 1. The second-order valence-electron chi connectivity index (χ2n) is 7.05. The monoisotopic (exact) mass is 440 g/mol. The van der Waals surface area contributed by atoms with E-state index in [4.69, 9.17) is 4.74 Å². The van der Waals surface area contributed by atoms with E-state index in [2.05, 4.69) is 21.4 Å². The van der Waals surface area contributed by atoms with Crippen LogP contribution in [-0.2, 0) is 4.79 Å². The van der Waals surface area contributed by atoms with Crippen LogP contribution < -0.4 is 10.1 Å². The third-order valence-electron chi connectivity index (χ3n) is 4.87. The van der Waals surface area contributed by atoms with Gasteiger partial charge in [0, 0.05) is 22.8 Å². The lowest BCUT2D eigenvalue weighted by Gasteiger charge is -2.12. The number of carbonyl (C=O) groups is 1. The molecular formula is C25H20N4O2S. The molecule has 32 heavy (non-hydrogen) atoms. The Morgan fingerprint density at radius 1 is 1.16 bits per heavy atom. The molecule has 0 aliphatic carbocycles. The van der Waals surface area contributed by atoms with Crippen LogP contribution in [0.1, 0.15) is 11.3 Å². The molecule has 4 aromatic rings. The van der Waals surface area contributed by atoms with E-state index in [0.717, 1.165) is 33.5 Å². The lowest BCUT2D eigenvalue weighted by atomic mass is 10.0. The number of anilines is 1. The number of pyridine rings is 2. The van der Waals surface area contributed by atoms with Gasteiger partial charge in [0.15, 0.2) is 0 Å². The summed E-state index contributed by atoms with van der Waals surface area (Å²) in [5.74, 6) is 0.676. The van der Waals surface area contributed by atoms with Gasteiger partial charge in [0.2, 0.25) is 5.91 Å². The molecule has 0 spiro atoms. The van der Waals surface area contributed by atoms with Crippen molar-refractivity contribution in [3.05, 3.63) is 78.1 Å². The Balaban J connectivity index is 1.55. The van der Waals surface area contributed by atoms with Crippen molar-refractivity contribution in [2.24, 2.45) is 0 Å². The first-order valence-corrected chi connectivity index (χ1v) is 10.9. The van der Waals surface area contributed by atoms with E-state index in [-0.39, 0.29) is 11.7 Å². The van der Waals surface area contributed by atoms with Gasteiger partial charge in [-0.2, -0.15) is 5.26 Å². The maximum absolute atomic E-state index is 12.7. The molecule has 0 unspecified atom stereocenters. The number of para-hydroxylation sites is 1. The maximum atomic E-state index is 12.7. The van der Waals surface area contributed by atoms with Crippen molar-refractivity contribution in [3.8, 4) is 22.9 Å². The van der Waals surface area contributed by atoms with Crippen LogP contribution in [0.3, 0.4) is 0 Å². The first-order valence-electron chi connectivity index (χ1n) is 9.91. The van der Waals surface area contributed by atoms with Gasteiger partial charge in [0.25, 0.3) is 0 Å². The Hall–Kier alpha value is -3.89. The predicted octanol–water partition coefficient (Wildman–Crippen LogP) is 5.22. The largest absolute Gasteiger partial charge is 0.497 e. The number of hydrogen-bond donors (Lipinski definition) is 1. The van der Waals surface area contributed by atoms with E-state index in [1.54, 1.807) is 13.3 Å². The van der Waals surface area contributed by atoms with Gasteiger partial charge < -0.3 is 10.1 Å². The zero-order chi connectivity index (χ0) is 22.5. The van der Waals surface area contributed by atoms with Gasteiger partial charge >= 0.3 is 0 Å². The van der Waals surface area contributed by atoms with Gasteiger partial charge in [-0.3, -0.25) is 9.78 Å². The van der Waals surface area contributed by atoms with Crippen LogP contribution in [0.4, 0.5) is 5.69 Å². The highest BCUT2D eigenvalue weighted by molar-refractivity contribution is 8.00. The number of nitrogens with one attached hydrogen (secondary N) is 1. The van der Waals surface area contributed by atoms with E-state index >= 15 is 0 Å². The van der Waals surface area contributed by atoms with E-state index in [9.17, 15) is 10.1 Å². The Labute approximate surface area is 190 Å². The van der Waals surface area contributed by atoms with Crippen LogP contribution in [0.2, 0.25) is 0 Å². The van der Waals surface area contributed by atoms with Crippen molar-refractivity contribution in [3.63, 3.8) is 0 Å². The second kappa shape index (κ2) is 9.50. The highest BCUT2D eigenvalue weighted by Gasteiger charge is 2.16. The minimum Gasteiger partial charge on any atom is -0.497 e. The number of rotatable bonds is 6. The number of carbonyl (C=O) groups excluding carboxylic acids is 1. The number of nitrogens with zero attached hydrogens (tertiary/aromatic N) is 3. The fourth-order valence-corrected chi connectivity index (χ4v) is 4.23. The van der Waals surface area contributed by atoms with Gasteiger partial charge in [-0.1, -0.05) is 42.1 Å². The first kappa shape index (κ1) is 21.3.